The molecule has 0 amide bonds. The Morgan fingerprint density at radius 1 is 1.11 bits per heavy atom. The molecule has 3 aromatic rings. The first-order valence-electron chi connectivity index (χ1n) is 9.28. The monoisotopic (exact) mass is 393 g/mol. The first-order chi connectivity index (χ1) is 13.7. The molecule has 0 aliphatic rings. The highest BCUT2D eigenvalue weighted by Gasteiger charge is 2.05. The molecule has 1 heterocycles. The zero-order valence-electron chi connectivity index (χ0n) is 15.8. The minimum absolute atomic E-state index is 0.149. The third-order valence-electron chi connectivity index (χ3n) is 4.02. The van der Waals surface area contributed by atoms with E-state index >= 15 is 0 Å². The van der Waals surface area contributed by atoms with Crippen molar-refractivity contribution in [2.45, 2.75) is 30.4 Å². The molecule has 5 heteroatoms. The summed E-state index contributed by atoms with van der Waals surface area (Å²) in [6, 6.07) is 18.3. The van der Waals surface area contributed by atoms with Gasteiger partial charge in [0, 0.05) is 23.1 Å². The largest absolute Gasteiger partial charge is 0.466 e. The number of aryl methyl sites for hydroxylation is 1. The summed E-state index contributed by atoms with van der Waals surface area (Å²) < 4.78 is 10.5. The van der Waals surface area contributed by atoms with Gasteiger partial charge >= 0.3 is 5.97 Å². The van der Waals surface area contributed by atoms with E-state index in [0.717, 1.165) is 27.5 Å². The molecule has 144 valence electrons. The van der Waals surface area contributed by atoms with Gasteiger partial charge in [-0.3, -0.25) is 4.79 Å². The number of thioether (sulfide) groups is 1. The van der Waals surface area contributed by atoms with Crippen LogP contribution >= 0.6 is 11.8 Å². The number of oxazole rings is 1. The molecule has 0 N–H and O–H groups in total. The molecule has 0 radical (unpaired) electrons. The standard InChI is InChI=1S/C23H23NO3S/c1-2-26-23(25)15-11-19-8-12-21(13-9-19)28-17-20-16-27-22(24-20)14-10-18-6-4-3-5-7-18/h3-10,12-14,16H,2,11,15,17H2,1H3/b14-10+. The van der Waals surface area contributed by atoms with Crippen LogP contribution < -0.4 is 0 Å². The summed E-state index contributed by atoms with van der Waals surface area (Å²) in [5.41, 5.74) is 3.15. The molecule has 0 atom stereocenters. The van der Waals surface area contributed by atoms with Crippen LogP contribution in [0, 0.1) is 0 Å². The van der Waals surface area contributed by atoms with Crippen molar-refractivity contribution < 1.29 is 13.9 Å². The van der Waals surface area contributed by atoms with E-state index in [-0.39, 0.29) is 5.97 Å². The molecule has 0 aliphatic carbocycles. The number of nitrogens with zero attached hydrogens (tertiary/aromatic N) is 1. The number of esters is 1. The van der Waals surface area contributed by atoms with E-state index in [4.69, 9.17) is 9.15 Å². The summed E-state index contributed by atoms with van der Waals surface area (Å²) in [7, 11) is 0. The number of rotatable bonds is 9. The average Bonchev–Trinajstić information content (AvgIpc) is 3.19. The van der Waals surface area contributed by atoms with Gasteiger partial charge in [0.2, 0.25) is 5.89 Å². The number of hydrogen-bond acceptors (Lipinski definition) is 5. The quantitative estimate of drug-likeness (QED) is 0.348. The van der Waals surface area contributed by atoms with Gasteiger partial charge in [-0.1, -0.05) is 42.5 Å². The molecule has 4 nitrogen and oxygen atoms in total. The van der Waals surface area contributed by atoms with Gasteiger partial charge in [-0.25, -0.2) is 4.98 Å². The summed E-state index contributed by atoms with van der Waals surface area (Å²) in [6.07, 6.45) is 6.67. The maximum absolute atomic E-state index is 11.4. The van der Waals surface area contributed by atoms with E-state index in [2.05, 4.69) is 29.2 Å². The number of benzene rings is 2. The number of hydrogen-bond donors (Lipinski definition) is 0. The number of aromatic nitrogens is 1. The van der Waals surface area contributed by atoms with E-state index in [1.807, 2.05) is 49.4 Å². The highest BCUT2D eigenvalue weighted by molar-refractivity contribution is 7.98. The van der Waals surface area contributed by atoms with Crippen molar-refractivity contribution in [2.75, 3.05) is 6.61 Å². The van der Waals surface area contributed by atoms with Crippen LogP contribution in [-0.4, -0.2) is 17.6 Å². The van der Waals surface area contributed by atoms with E-state index in [1.54, 1.807) is 18.0 Å². The van der Waals surface area contributed by atoms with Crippen molar-refractivity contribution in [3.05, 3.63) is 83.6 Å². The topological polar surface area (TPSA) is 52.3 Å². The highest BCUT2D eigenvalue weighted by Crippen LogP contribution is 2.23. The Hall–Kier alpha value is -2.79. The molecule has 0 bridgehead atoms. The fourth-order valence-electron chi connectivity index (χ4n) is 2.59. The Bertz CT molecular complexity index is 901. The lowest BCUT2D eigenvalue weighted by atomic mass is 10.1. The van der Waals surface area contributed by atoms with Crippen LogP contribution in [0.2, 0.25) is 0 Å². The van der Waals surface area contributed by atoms with Gasteiger partial charge in [0.05, 0.1) is 12.3 Å². The third kappa shape index (κ3) is 6.43. The molecule has 1 aromatic heterocycles. The van der Waals surface area contributed by atoms with Crippen molar-refractivity contribution in [3.8, 4) is 0 Å². The lowest BCUT2D eigenvalue weighted by Crippen LogP contribution is -2.04. The molecule has 28 heavy (non-hydrogen) atoms. The van der Waals surface area contributed by atoms with Crippen molar-refractivity contribution in [3.63, 3.8) is 0 Å². The minimum Gasteiger partial charge on any atom is -0.466 e. The summed E-state index contributed by atoms with van der Waals surface area (Å²) in [5, 5.41) is 0. The fourth-order valence-corrected chi connectivity index (χ4v) is 3.36. The fraction of sp³-hybridized carbons (Fsp3) is 0.217. The highest BCUT2D eigenvalue weighted by atomic mass is 32.2. The molecule has 0 unspecified atom stereocenters. The van der Waals surface area contributed by atoms with E-state index in [1.165, 1.54) is 0 Å². The van der Waals surface area contributed by atoms with Gasteiger partial charge in [-0.15, -0.1) is 11.8 Å². The van der Waals surface area contributed by atoms with Gasteiger partial charge in [-0.2, -0.15) is 0 Å². The zero-order valence-corrected chi connectivity index (χ0v) is 16.7. The SMILES string of the molecule is CCOC(=O)CCc1ccc(SCc2coc(/C=C/c3ccccc3)n2)cc1. The van der Waals surface area contributed by atoms with E-state index < -0.39 is 0 Å². The lowest BCUT2D eigenvalue weighted by molar-refractivity contribution is -0.143. The van der Waals surface area contributed by atoms with Crippen LogP contribution in [0.3, 0.4) is 0 Å². The van der Waals surface area contributed by atoms with Gasteiger partial charge in [0.1, 0.15) is 6.26 Å². The molecule has 2 aromatic carbocycles. The predicted molar refractivity (Wildman–Crippen MR) is 113 cm³/mol. The van der Waals surface area contributed by atoms with Crippen molar-refractivity contribution >= 4 is 29.9 Å². The summed E-state index contributed by atoms with van der Waals surface area (Å²) in [6.45, 7) is 2.25. The molecule has 0 saturated carbocycles. The summed E-state index contributed by atoms with van der Waals surface area (Å²) in [4.78, 5) is 17.1. The van der Waals surface area contributed by atoms with E-state index in [0.29, 0.717) is 25.3 Å². The van der Waals surface area contributed by atoms with Crippen LogP contribution in [0.15, 0.2) is 70.2 Å². The van der Waals surface area contributed by atoms with Crippen LogP contribution in [0.5, 0.6) is 0 Å². The van der Waals surface area contributed by atoms with Crippen LogP contribution in [-0.2, 0) is 21.7 Å². The maximum atomic E-state index is 11.4. The maximum Gasteiger partial charge on any atom is 0.306 e. The molecular formula is C23H23NO3S. The molecule has 0 spiro atoms. The molecule has 0 saturated heterocycles. The second-order valence-electron chi connectivity index (χ2n) is 6.16. The van der Waals surface area contributed by atoms with Crippen LogP contribution in [0.4, 0.5) is 0 Å². The molecule has 0 aliphatic heterocycles. The normalized spacial score (nSPS) is 11.0. The van der Waals surface area contributed by atoms with Gasteiger partial charge in [-0.05, 0) is 42.7 Å². The van der Waals surface area contributed by atoms with Gasteiger partial charge in [0.15, 0.2) is 0 Å². The Morgan fingerprint density at radius 2 is 1.89 bits per heavy atom. The summed E-state index contributed by atoms with van der Waals surface area (Å²) in [5.74, 6) is 1.20. The molecule has 3 rings (SSSR count). The average molecular weight is 394 g/mol. The van der Waals surface area contributed by atoms with Crippen molar-refractivity contribution in [1.29, 1.82) is 0 Å². The Labute approximate surface area is 169 Å². The third-order valence-corrected chi connectivity index (χ3v) is 5.07. The minimum atomic E-state index is -0.149. The number of ether oxygens (including phenoxy) is 1. The van der Waals surface area contributed by atoms with Gasteiger partial charge < -0.3 is 9.15 Å². The number of carbonyl (C=O) groups excluding carboxylic acids is 1. The first kappa shape index (κ1) is 20.0. The number of carbonyl (C=O) groups is 1. The second-order valence-corrected chi connectivity index (χ2v) is 7.21. The van der Waals surface area contributed by atoms with Crippen molar-refractivity contribution in [1.82, 2.24) is 4.98 Å². The zero-order chi connectivity index (χ0) is 19.6. The van der Waals surface area contributed by atoms with Crippen LogP contribution in [0.1, 0.15) is 36.1 Å². The second kappa shape index (κ2) is 10.5. The Morgan fingerprint density at radius 3 is 2.64 bits per heavy atom. The predicted octanol–water partition coefficient (Wildman–Crippen LogP) is 5.63. The van der Waals surface area contributed by atoms with Gasteiger partial charge in [0.25, 0.3) is 0 Å². The summed E-state index contributed by atoms with van der Waals surface area (Å²) >= 11 is 1.70. The Kier molecular flexibility index (Phi) is 7.50. The van der Waals surface area contributed by atoms with E-state index in [9.17, 15) is 4.79 Å². The molecular weight excluding hydrogens is 370 g/mol. The molecule has 0 fully saturated rings. The smallest absolute Gasteiger partial charge is 0.306 e. The van der Waals surface area contributed by atoms with Crippen LogP contribution in [0.25, 0.3) is 12.2 Å². The Balaban J connectivity index is 1.47. The first-order valence-corrected chi connectivity index (χ1v) is 10.3. The van der Waals surface area contributed by atoms with Crippen molar-refractivity contribution in [2.24, 2.45) is 0 Å². The lowest BCUT2D eigenvalue weighted by Gasteiger charge is -2.04.